The minimum atomic E-state index is 0.121. The van der Waals surface area contributed by atoms with Gasteiger partial charge >= 0.3 is 0 Å². The molecule has 6 nitrogen and oxygen atoms in total. The lowest BCUT2D eigenvalue weighted by Crippen LogP contribution is -2.73. The van der Waals surface area contributed by atoms with Crippen molar-refractivity contribution in [2.75, 3.05) is 69.2 Å². The summed E-state index contributed by atoms with van der Waals surface area (Å²) >= 11 is 6.17. The molecule has 0 radical (unpaired) electrons. The molecule has 0 unspecified atom stereocenters. The van der Waals surface area contributed by atoms with Crippen LogP contribution in [0.25, 0.3) is 0 Å². The normalized spacial score (nSPS) is 20.2. The third-order valence-electron chi connectivity index (χ3n) is 6.81. The number of carbonyl (C=O) groups is 1. The van der Waals surface area contributed by atoms with E-state index in [4.69, 9.17) is 16.9 Å². The first-order valence-electron chi connectivity index (χ1n) is 10.7. The molecule has 3 heterocycles. The van der Waals surface area contributed by atoms with E-state index in [0.29, 0.717) is 10.6 Å². The second-order valence-corrected chi connectivity index (χ2v) is 9.54. The second-order valence-electron chi connectivity index (χ2n) is 9.13. The lowest BCUT2D eigenvalue weighted by Gasteiger charge is -2.61. The maximum Gasteiger partial charge on any atom is 0.253 e. The average molecular weight is 436 g/mol. The number of hydrogen-bond acceptors (Lipinski definition) is 5. The van der Waals surface area contributed by atoms with Gasteiger partial charge in [-0.2, -0.15) is 5.26 Å². The standard InChI is InChI=1S/C24H26ClN5O/c1-27-8-10-28(11-9-27)20-5-2-18(3-6-20)23(31)30-16-24(17-30)14-29(15-24)21-7-4-19(13-26)22(25)12-21/h2-7,12H,8-11,14-17H2,1H3. The third kappa shape index (κ3) is 3.73. The molecule has 0 aliphatic carbocycles. The highest BCUT2D eigenvalue weighted by atomic mass is 35.5. The number of likely N-dealkylation sites (tertiary alicyclic amines) is 1. The van der Waals surface area contributed by atoms with Crippen molar-refractivity contribution in [1.82, 2.24) is 9.80 Å². The number of nitriles is 1. The van der Waals surface area contributed by atoms with Crippen LogP contribution in [-0.4, -0.2) is 75.1 Å². The van der Waals surface area contributed by atoms with Gasteiger partial charge in [0, 0.05) is 74.7 Å². The Morgan fingerprint density at radius 2 is 1.58 bits per heavy atom. The number of piperazine rings is 1. The van der Waals surface area contributed by atoms with Crippen LogP contribution >= 0.6 is 11.6 Å². The van der Waals surface area contributed by atoms with Crippen LogP contribution in [0.4, 0.5) is 11.4 Å². The van der Waals surface area contributed by atoms with E-state index in [-0.39, 0.29) is 11.3 Å². The van der Waals surface area contributed by atoms with E-state index in [0.717, 1.165) is 63.6 Å². The predicted molar refractivity (Wildman–Crippen MR) is 123 cm³/mol. The molecule has 3 aliphatic heterocycles. The van der Waals surface area contributed by atoms with Gasteiger partial charge in [0.25, 0.3) is 5.91 Å². The number of amides is 1. The Bertz CT molecular complexity index is 1020. The summed E-state index contributed by atoms with van der Waals surface area (Å²) in [5.41, 5.74) is 3.69. The third-order valence-corrected chi connectivity index (χ3v) is 7.13. The van der Waals surface area contributed by atoms with Crippen molar-refractivity contribution in [3.8, 4) is 6.07 Å². The quantitative estimate of drug-likeness (QED) is 0.742. The summed E-state index contributed by atoms with van der Waals surface area (Å²) in [5, 5.41) is 9.52. The molecule has 2 aromatic carbocycles. The van der Waals surface area contributed by atoms with Gasteiger partial charge in [-0.25, -0.2) is 0 Å². The van der Waals surface area contributed by atoms with Crippen LogP contribution in [0.5, 0.6) is 0 Å². The van der Waals surface area contributed by atoms with Crippen molar-refractivity contribution in [1.29, 1.82) is 5.26 Å². The lowest BCUT2D eigenvalue weighted by atomic mass is 9.72. The van der Waals surface area contributed by atoms with Crippen molar-refractivity contribution >= 4 is 28.9 Å². The average Bonchev–Trinajstić information content (AvgIpc) is 2.72. The van der Waals surface area contributed by atoms with E-state index in [1.165, 1.54) is 5.69 Å². The van der Waals surface area contributed by atoms with Gasteiger partial charge in [0.2, 0.25) is 0 Å². The molecular weight excluding hydrogens is 410 g/mol. The molecule has 7 heteroatoms. The molecule has 0 aromatic heterocycles. The molecule has 3 saturated heterocycles. The zero-order valence-electron chi connectivity index (χ0n) is 17.7. The van der Waals surface area contributed by atoms with Gasteiger partial charge in [-0.1, -0.05) is 11.6 Å². The largest absolute Gasteiger partial charge is 0.370 e. The number of nitrogens with zero attached hydrogens (tertiary/aromatic N) is 5. The predicted octanol–water partition coefficient (Wildman–Crippen LogP) is 2.93. The van der Waals surface area contributed by atoms with Crippen LogP contribution in [0.2, 0.25) is 5.02 Å². The maximum atomic E-state index is 12.9. The fraction of sp³-hybridized carbons (Fsp3) is 0.417. The SMILES string of the molecule is CN1CCN(c2ccc(C(=O)N3CC4(C3)CN(c3ccc(C#N)c(Cl)c3)C4)cc2)CC1. The molecule has 160 valence electrons. The number of benzene rings is 2. The van der Waals surface area contributed by atoms with E-state index in [1.807, 2.05) is 29.2 Å². The first kappa shape index (κ1) is 20.2. The molecule has 1 amide bonds. The summed E-state index contributed by atoms with van der Waals surface area (Å²) in [6, 6.07) is 15.8. The minimum absolute atomic E-state index is 0.121. The monoisotopic (exact) mass is 435 g/mol. The van der Waals surface area contributed by atoms with Crippen LogP contribution in [0.3, 0.4) is 0 Å². The molecule has 3 aliphatic rings. The Morgan fingerprint density at radius 3 is 2.19 bits per heavy atom. The van der Waals surface area contributed by atoms with E-state index >= 15 is 0 Å². The molecule has 0 atom stereocenters. The van der Waals surface area contributed by atoms with Crippen LogP contribution in [-0.2, 0) is 0 Å². The molecule has 5 rings (SSSR count). The summed E-state index contributed by atoms with van der Waals surface area (Å²) in [6.07, 6.45) is 0. The summed E-state index contributed by atoms with van der Waals surface area (Å²) in [6.45, 7) is 7.63. The highest BCUT2D eigenvalue weighted by Crippen LogP contribution is 2.43. The Hall–Kier alpha value is -2.75. The molecule has 1 spiro atoms. The molecular formula is C24H26ClN5O. The summed E-state index contributed by atoms with van der Waals surface area (Å²) < 4.78 is 0. The van der Waals surface area contributed by atoms with Crippen molar-refractivity contribution in [2.45, 2.75) is 0 Å². The smallest absolute Gasteiger partial charge is 0.253 e. The molecule has 0 N–H and O–H groups in total. The second kappa shape index (κ2) is 7.74. The Morgan fingerprint density at radius 1 is 0.935 bits per heavy atom. The number of halogens is 1. The minimum Gasteiger partial charge on any atom is -0.370 e. The zero-order chi connectivity index (χ0) is 21.6. The lowest BCUT2D eigenvalue weighted by molar-refractivity contribution is -0.0104. The van der Waals surface area contributed by atoms with Gasteiger partial charge in [0.15, 0.2) is 0 Å². The van der Waals surface area contributed by atoms with Crippen LogP contribution in [0.1, 0.15) is 15.9 Å². The molecule has 3 fully saturated rings. The first-order valence-corrected chi connectivity index (χ1v) is 11.1. The van der Waals surface area contributed by atoms with E-state index in [9.17, 15) is 4.79 Å². The summed E-state index contributed by atoms with van der Waals surface area (Å²) in [4.78, 5) is 21.8. The topological polar surface area (TPSA) is 53.8 Å². The van der Waals surface area contributed by atoms with Gasteiger partial charge in [-0.05, 0) is 49.5 Å². The number of hydrogen-bond donors (Lipinski definition) is 0. The van der Waals surface area contributed by atoms with Gasteiger partial charge < -0.3 is 19.6 Å². The fourth-order valence-corrected chi connectivity index (χ4v) is 5.12. The highest BCUT2D eigenvalue weighted by Gasteiger charge is 2.53. The van der Waals surface area contributed by atoms with Crippen molar-refractivity contribution in [2.24, 2.45) is 5.41 Å². The number of anilines is 2. The van der Waals surface area contributed by atoms with Gasteiger partial charge in [0.1, 0.15) is 6.07 Å². The van der Waals surface area contributed by atoms with Gasteiger partial charge in [-0.3, -0.25) is 4.79 Å². The van der Waals surface area contributed by atoms with Gasteiger partial charge in [-0.15, -0.1) is 0 Å². The first-order chi connectivity index (χ1) is 15.0. The van der Waals surface area contributed by atoms with Crippen molar-refractivity contribution in [3.63, 3.8) is 0 Å². The van der Waals surface area contributed by atoms with Gasteiger partial charge in [0.05, 0.1) is 10.6 Å². The molecule has 0 bridgehead atoms. The Kier molecular flexibility index (Phi) is 5.04. The molecule has 31 heavy (non-hydrogen) atoms. The highest BCUT2D eigenvalue weighted by molar-refractivity contribution is 6.32. The van der Waals surface area contributed by atoms with Crippen LogP contribution in [0.15, 0.2) is 42.5 Å². The van der Waals surface area contributed by atoms with Crippen LogP contribution in [0, 0.1) is 16.7 Å². The maximum absolute atomic E-state index is 12.9. The number of carbonyl (C=O) groups excluding carboxylic acids is 1. The Labute approximate surface area is 188 Å². The fourth-order valence-electron chi connectivity index (χ4n) is 4.91. The van der Waals surface area contributed by atoms with E-state index in [2.05, 4.69) is 39.9 Å². The number of rotatable bonds is 3. The zero-order valence-corrected chi connectivity index (χ0v) is 18.5. The number of likely N-dealkylation sites (N-methyl/N-ethyl adjacent to an activating group) is 1. The van der Waals surface area contributed by atoms with Crippen molar-refractivity contribution in [3.05, 3.63) is 58.6 Å². The van der Waals surface area contributed by atoms with Crippen LogP contribution < -0.4 is 9.80 Å². The van der Waals surface area contributed by atoms with E-state index < -0.39 is 0 Å². The molecule has 0 saturated carbocycles. The summed E-state index contributed by atoms with van der Waals surface area (Å²) in [7, 11) is 2.15. The Balaban J connectivity index is 1.15. The molecule has 2 aromatic rings. The summed E-state index contributed by atoms with van der Waals surface area (Å²) in [5.74, 6) is 0.121. The van der Waals surface area contributed by atoms with E-state index in [1.54, 1.807) is 6.07 Å². The van der Waals surface area contributed by atoms with Crippen molar-refractivity contribution < 1.29 is 4.79 Å².